The number of hydrogen-bond donors (Lipinski definition) is 2. The summed E-state index contributed by atoms with van der Waals surface area (Å²) in [6.45, 7) is 0.893. The molecule has 3 N–H and O–H groups in total. The molecule has 22 heavy (non-hydrogen) atoms. The second-order valence-electron chi connectivity index (χ2n) is 4.73. The van der Waals surface area contributed by atoms with Gasteiger partial charge >= 0.3 is 0 Å². The van der Waals surface area contributed by atoms with Crippen molar-refractivity contribution in [1.82, 2.24) is 10.3 Å². The van der Waals surface area contributed by atoms with Gasteiger partial charge in [0, 0.05) is 25.2 Å². The van der Waals surface area contributed by atoms with Crippen LogP contribution in [0, 0.1) is 5.82 Å². The van der Waals surface area contributed by atoms with E-state index >= 15 is 0 Å². The average Bonchev–Trinajstić information content (AvgIpc) is 2.53. The van der Waals surface area contributed by atoms with Gasteiger partial charge in [-0.2, -0.15) is 0 Å². The number of aromatic nitrogens is 1. The Morgan fingerprint density at radius 3 is 2.77 bits per heavy atom. The number of halogens is 1. The lowest BCUT2D eigenvalue weighted by atomic mass is 10.2. The highest BCUT2D eigenvalue weighted by atomic mass is 19.1. The van der Waals surface area contributed by atoms with Gasteiger partial charge in [0.1, 0.15) is 11.6 Å². The highest BCUT2D eigenvalue weighted by Crippen LogP contribution is 2.20. The van der Waals surface area contributed by atoms with Gasteiger partial charge in [-0.3, -0.25) is 4.79 Å². The van der Waals surface area contributed by atoms with Gasteiger partial charge in [0.25, 0.3) is 0 Å². The van der Waals surface area contributed by atoms with Crippen molar-refractivity contribution < 1.29 is 13.9 Å². The van der Waals surface area contributed by atoms with Crippen molar-refractivity contribution in [3.05, 3.63) is 54.0 Å². The van der Waals surface area contributed by atoms with Gasteiger partial charge in [-0.1, -0.05) is 0 Å². The van der Waals surface area contributed by atoms with E-state index in [1.54, 1.807) is 18.3 Å². The summed E-state index contributed by atoms with van der Waals surface area (Å²) in [5.74, 6) is 0.524. The van der Waals surface area contributed by atoms with Crippen LogP contribution in [0.3, 0.4) is 0 Å². The summed E-state index contributed by atoms with van der Waals surface area (Å²) in [5.41, 5.74) is 6.23. The van der Waals surface area contributed by atoms with Gasteiger partial charge in [-0.05, 0) is 48.9 Å². The van der Waals surface area contributed by atoms with E-state index in [2.05, 4.69) is 10.3 Å². The topological polar surface area (TPSA) is 77.2 Å². The fourth-order valence-electron chi connectivity index (χ4n) is 1.79. The number of rotatable bonds is 7. The minimum Gasteiger partial charge on any atom is -0.439 e. The van der Waals surface area contributed by atoms with Gasteiger partial charge in [-0.15, -0.1) is 0 Å². The summed E-state index contributed by atoms with van der Waals surface area (Å²) in [4.78, 5) is 15.6. The Morgan fingerprint density at radius 2 is 2.05 bits per heavy atom. The van der Waals surface area contributed by atoms with Crippen molar-refractivity contribution in [3.8, 4) is 11.6 Å². The van der Waals surface area contributed by atoms with Crippen molar-refractivity contribution in [1.29, 1.82) is 0 Å². The number of pyridine rings is 1. The molecule has 0 radical (unpaired) electrons. The summed E-state index contributed by atoms with van der Waals surface area (Å²) < 4.78 is 18.4. The summed E-state index contributed by atoms with van der Waals surface area (Å²) >= 11 is 0. The second kappa shape index (κ2) is 8.09. The molecule has 0 atom stereocenters. The van der Waals surface area contributed by atoms with E-state index < -0.39 is 0 Å². The standard InChI is InChI=1S/C16H18FN3O2/c17-13-3-5-14(6-4-13)22-16-10-12(7-9-19-16)11-20-15(21)2-1-8-18/h3-7,9-10H,1-2,8,11,18H2,(H,20,21). The Morgan fingerprint density at radius 1 is 1.27 bits per heavy atom. The number of nitrogens with one attached hydrogen (secondary N) is 1. The summed E-state index contributed by atoms with van der Waals surface area (Å²) in [5, 5.41) is 2.80. The second-order valence-corrected chi connectivity index (χ2v) is 4.73. The predicted octanol–water partition coefficient (Wildman–Crippen LogP) is 2.37. The van der Waals surface area contributed by atoms with E-state index in [1.807, 2.05) is 0 Å². The van der Waals surface area contributed by atoms with Gasteiger partial charge in [0.15, 0.2) is 0 Å². The summed E-state index contributed by atoms with van der Waals surface area (Å²) in [6.07, 6.45) is 2.68. The number of hydrogen-bond acceptors (Lipinski definition) is 4. The van der Waals surface area contributed by atoms with Crippen molar-refractivity contribution in [2.45, 2.75) is 19.4 Å². The SMILES string of the molecule is NCCCC(=O)NCc1ccnc(Oc2ccc(F)cc2)c1. The Balaban J connectivity index is 1.92. The van der Waals surface area contributed by atoms with Gasteiger partial charge in [0.05, 0.1) is 0 Å². The molecule has 6 heteroatoms. The van der Waals surface area contributed by atoms with Gasteiger partial charge in [0.2, 0.25) is 11.8 Å². The number of ether oxygens (including phenoxy) is 1. The molecule has 0 spiro atoms. The van der Waals surface area contributed by atoms with Crippen molar-refractivity contribution in [3.63, 3.8) is 0 Å². The molecule has 0 fully saturated rings. The minimum atomic E-state index is -0.325. The maximum atomic E-state index is 12.8. The third kappa shape index (κ3) is 5.14. The van der Waals surface area contributed by atoms with E-state index in [0.29, 0.717) is 37.6 Å². The first-order chi connectivity index (χ1) is 10.7. The zero-order valence-electron chi connectivity index (χ0n) is 12.1. The van der Waals surface area contributed by atoms with E-state index in [0.717, 1.165) is 5.56 Å². The van der Waals surface area contributed by atoms with Crippen LogP contribution >= 0.6 is 0 Å². The van der Waals surface area contributed by atoms with Crippen LogP contribution in [-0.2, 0) is 11.3 Å². The quantitative estimate of drug-likeness (QED) is 0.823. The maximum absolute atomic E-state index is 12.8. The largest absolute Gasteiger partial charge is 0.439 e. The molecule has 0 aliphatic rings. The molecule has 0 aliphatic heterocycles. The first-order valence-electron chi connectivity index (χ1n) is 7.02. The average molecular weight is 303 g/mol. The minimum absolute atomic E-state index is 0.0386. The zero-order valence-corrected chi connectivity index (χ0v) is 12.1. The Kier molecular flexibility index (Phi) is 5.85. The molecule has 1 aromatic heterocycles. The van der Waals surface area contributed by atoms with E-state index in [1.165, 1.54) is 24.3 Å². The van der Waals surface area contributed by atoms with Crippen LogP contribution in [0.15, 0.2) is 42.6 Å². The molecular weight excluding hydrogens is 285 g/mol. The van der Waals surface area contributed by atoms with Crippen LogP contribution in [0.5, 0.6) is 11.6 Å². The van der Waals surface area contributed by atoms with Gasteiger partial charge in [-0.25, -0.2) is 9.37 Å². The molecule has 2 rings (SSSR count). The molecule has 5 nitrogen and oxygen atoms in total. The molecule has 116 valence electrons. The zero-order chi connectivity index (χ0) is 15.8. The summed E-state index contributed by atoms with van der Waals surface area (Å²) in [6, 6.07) is 9.21. The lowest BCUT2D eigenvalue weighted by molar-refractivity contribution is -0.121. The Labute approximate surface area is 128 Å². The lowest BCUT2D eigenvalue weighted by Gasteiger charge is -2.08. The normalized spacial score (nSPS) is 10.3. The molecular formula is C16H18FN3O2. The van der Waals surface area contributed by atoms with Crippen LogP contribution in [-0.4, -0.2) is 17.4 Å². The molecule has 0 unspecified atom stereocenters. The van der Waals surface area contributed by atoms with Crippen molar-refractivity contribution in [2.24, 2.45) is 5.73 Å². The molecule has 2 aromatic rings. The molecule has 1 heterocycles. The van der Waals surface area contributed by atoms with E-state index in [9.17, 15) is 9.18 Å². The third-order valence-electron chi connectivity index (χ3n) is 2.93. The third-order valence-corrected chi connectivity index (χ3v) is 2.93. The van der Waals surface area contributed by atoms with Crippen molar-refractivity contribution >= 4 is 5.91 Å². The summed E-state index contributed by atoms with van der Waals surface area (Å²) in [7, 11) is 0. The molecule has 0 aliphatic carbocycles. The highest BCUT2D eigenvalue weighted by molar-refractivity contribution is 5.75. The first kappa shape index (κ1) is 15.9. The molecule has 0 saturated carbocycles. The van der Waals surface area contributed by atoms with Gasteiger partial charge < -0.3 is 15.8 Å². The number of carbonyl (C=O) groups excluding carboxylic acids is 1. The molecule has 1 amide bonds. The van der Waals surface area contributed by atoms with Crippen LogP contribution in [0.4, 0.5) is 4.39 Å². The number of amides is 1. The fraction of sp³-hybridized carbons (Fsp3) is 0.250. The van der Waals surface area contributed by atoms with Crippen LogP contribution in [0.25, 0.3) is 0 Å². The van der Waals surface area contributed by atoms with Crippen LogP contribution < -0.4 is 15.8 Å². The number of nitrogens with two attached hydrogens (primary N) is 1. The Hall–Kier alpha value is -2.47. The highest BCUT2D eigenvalue weighted by Gasteiger charge is 2.03. The number of nitrogens with zero attached hydrogens (tertiary/aromatic N) is 1. The fourth-order valence-corrected chi connectivity index (χ4v) is 1.79. The molecule has 0 bridgehead atoms. The monoisotopic (exact) mass is 303 g/mol. The number of carbonyl (C=O) groups is 1. The molecule has 0 saturated heterocycles. The number of benzene rings is 1. The van der Waals surface area contributed by atoms with E-state index in [-0.39, 0.29) is 11.7 Å². The first-order valence-corrected chi connectivity index (χ1v) is 7.02. The molecule has 1 aromatic carbocycles. The maximum Gasteiger partial charge on any atom is 0.220 e. The Bertz CT molecular complexity index is 617. The predicted molar refractivity (Wildman–Crippen MR) is 80.8 cm³/mol. The smallest absolute Gasteiger partial charge is 0.220 e. The van der Waals surface area contributed by atoms with Crippen LogP contribution in [0.2, 0.25) is 0 Å². The van der Waals surface area contributed by atoms with Crippen molar-refractivity contribution in [2.75, 3.05) is 6.54 Å². The van der Waals surface area contributed by atoms with Crippen LogP contribution in [0.1, 0.15) is 18.4 Å². The van der Waals surface area contributed by atoms with E-state index in [4.69, 9.17) is 10.5 Å². The lowest BCUT2D eigenvalue weighted by Crippen LogP contribution is -2.23.